The molecule has 25 heavy (non-hydrogen) atoms. The van der Waals surface area contributed by atoms with Crippen LogP contribution in [0.1, 0.15) is 5.56 Å². The Kier molecular flexibility index (Phi) is 8.80. The molecule has 1 aromatic carbocycles. The van der Waals surface area contributed by atoms with Crippen LogP contribution >= 0.6 is 0 Å². The second kappa shape index (κ2) is 10.9. The highest BCUT2D eigenvalue weighted by molar-refractivity contribution is 5.85. The van der Waals surface area contributed by atoms with Crippen molar-refractivity contribution in [3.05, 3.63) is 40.3 Å². The number of carbonyl (C=O) groups excluding carboxylic acids is 2. The molecule has 0 aliphatic rings. The Morgan fingerprint density at radius 3 is 2.60 bits per heavy atom. The minimum absolute atomic E-state index is 0.0455. The first-order chi connectivity index (χ1) is 12.0. The highest BCUT2D eigenvalue weighted by atomic mass is 16.5. The number of benzene rings is 1. The van der Waals surface area contributed by atoms with E-state index in [4.69, 9.17) is 15.4 Å². The number of esters is 1. The number of rotatable bonds is 10. The number of aliphatic hydroxyl groups excluding tert-OH is 2. The molecule has 1 aromatic rings. The van der Waals surface area contributed by atoms with Crippen molar-refractivity contribution in [3.63, 3.8) is 0 Å². The van der Waals surface area contributed by atoms with Crippen molar-refractivity contribution in [3.8, 4) is 5.75 Å². The molecule has 1 rings (SSSR count). The van der Waals surface area contributed by atoms with E-state index < -0.39 is 37.2 Å². The zero-order chi connectivity index (χ0) is 18.7. The molecule has 136 valence electrons. The van der Waals surface area contributed by atoms with Gasteiger partial charge in [-0.1, -0.05) is 17.2 Å². The smallest absolute Gasteiger partial charge is 0.328 e. The van der Waals surface area contributed by atoms with Crippen LogP contribution in [0, 0.1) is 0 Å². The lowest BCUT2D eigenvalue weighted by molar-refractivity contribution is -0.144. The second-order valence-electron chi connectivity index (χ2n) is 5.03. The first kappa shape index (κ1) is 20.2. The van der Waals surface area contributed by atoms with E-state index in [1.165, 1.54) is 7.11 Å². The Morgan fingerprint density at radius 2 is 2.04 bits per heavy atom. The fourth-order valence-electron chi connectivity index (χ4n) is 1.87. The van der Waals surface area contributed by atoms with Crippen molar-refractivity contribution in [2.45, 2.75) is 18.6 Å². The largest absolute Gasteiger partial charge is 0.491 e. The van der Waals surface area contributed by atoms with E-state index in [1.807, 2.05) is 0 Å². The number of aliphatic hydroxyl groups is 2. The maximum atomic E-state index is 11.8. The van der Waals surface area contributed by atoms with Gasteiger partial charge in [0.1, 0.15) is 31.0 Å². The molecule has 0 spiro atoms. The van der Waals surface area contributed by atoms with Crippen LogP contribution in [0.4, 0.5) is 0 Å². The fourth-order valence-corrected chi connectivity index (χ4v) is 1.87. The van der Waals surface area contributed by atoms with Gasteiger partial charge in [-0.2, -0.15) is 0 Å². The molecule has 0 aliphatic heterocycles. The van der Waals surface area contributed by atoms with Gasteiger partial charge >= 0.3 is 5.97 Å². The zero-order valence-electron chi connectivity index (χ0n) is 13.7. The summed E-state index contributed by atoms with van der Waals surface area (Å²) in [6.45, 7) is -0.853. The van der Waals surface area contributed by atoms with Crippen molar-refractivity contribution >= 4 is 11.9 Å². The number of hydrogen-bond donors (Lipinski definition) is 3. The molecule has 0 bridgehead atoms. The summed E-state index contributed by atoms with van der Waals surface area (Å²) >= 11 is 0. The Hall–Kier alpha value is -2.81. The summed E-state index contributed by atoms with van der Waals surface area (Å²) in [7, 11) is 1.21. The monoisotopic (exact) mass is 352 g/mol. The van der Waals surface area contributed by atoms with Crippen LogP contribution in [0.2, 0.25) is 0 Å². The predicted molar refractivity (Wildman–Crippen MR) is 86.7 cm³/mol. The van der Waals surface area contributed by atoms with Crippen LogP contribution in [0.3, 0.4) is 0 Å². The number of azide groups is 1. The highest BCUT2D eigenvalue weighted by Gasteiger charge is 2.21. The SMILES string of the molecule is COC(=O)[C@H](Cc1ccc(OC[C@@H](O)CO)cc1)NC(=O)CN=[N+]=[N-]. The van der Waals surface area contributed by atoms with Gasteiger partial charge in [0.25, 0.3) is 0 Å². The normalized spacial score (nSPS) is 12.4. The van der Waals surface area contributed by atoms with Crippen LogP contribution in [-0.2, 0) is 20.7 Å². The van der Waals surface area contributed by atoms with Gasteiger partial charge < -0.3 is 25.0 Å². The Balaban J connectivity index is 2.68. The lowest BCUT2D eigenvalue weighted by atomic mass is 10.1. The molecule has 0 aromatic heterocycles. The maximum Gasteiger partial charge on any atom is 0.328 e. The lowest BCUT2D eigenvalue weighted by Gasteiger charge is -2.16. The molecule has 2 atom stereocenters. The topological polar surface area (TPSA) is 154 Å². The van der Waals surface area contributed by atoms with Gasteiger partial charge in [-0.15, -0.1) is 0 Å². The minimum Gasteiger partial charge on any atom is -0.491 e. The van der Waals surface area contributed by atoms with E-state index >= 15 is 0 Å². The molecule has 1 amide bonds. The average Bonchev–Trinajstić information content (AvgIpc) is 2.64. The van der Waals surface area contributed by atoms with Crippen LogP contribution in [0.5, 0.6) is 5.75 Å². The van der Waals surface area contributed by atoms with E-state index in [0.29, 0.717) is 5.75 Å². The van der Waals surface area contributed by atoms with Crippen LogP contribution < -0.4 is 10.1 Å². The number of methoxy groups -OCH3 is 1. The van der Waals surface area contributed by atoms with Gasteiger partial charge in [-0.3, -0.25) is 4.79 Å². The third-order valence-corrected chi connectivity index (χ3v) is 3.11. The molecular formula is C15H20N4O6. The third-order valence-electron chi connectivity index (χ3n) is 3.11. The van der Waals surface area contributed by atoms with Crippen molar-refractivity contribution in [1.82, 2.24) is 5.32 Å². The summed E-state index contributed by atoms with van der Waals surface area (Å²) in [5, 5.41) is 23.5. The summed E-state index contributed by atoms with van der Waals surface area (Å²) in [6.07, 6.45) is -0.788. The van der Waals surface area contributed by atoms with Crippen molar-refractivity contribution in [1.29, 1.82) is 0 Å². The number of hydrogen-bond acceptors (Lipinski definition) is 7. The third kappa shape index (κ3) is 7.53. The second-order valence-corrected chi connectivity index (χ2v) is 5.03. The van der Waals surface area contributed by atoms with E-state index in [1.54, 1.807) is 24.3 Å². The van der Waals surface area contributed by atoms with Gasteiger partial charge in [0.2, 0.25) is 5.91 Å². The summed E-state index contributed by atoms with van der Waals surface area (Å²) in [5.41, 5.74) is 8.94. The molecule has 0 saturated carbocycles. The van der Waals surface area contributed by atoms with Crippen LogP contribution in [-0.4, -0.2) is 61.1 Å². The van der Waals surface area contributed by atoms with Gasteiger partial charge in [-0.25, -0.2) is 4.79 Å². The molecule has 0 radical (unpaired) electrons. The Morgan fingerprint density at radius 1 is 1.36 bits per heavy atom. The number of nitrogens with one attached hydrogen (secondary N) is 1. The van der Waals surface area contributed by atoms with Crippen molar-refractivity contribution in [2.24, 2.45) is 5.11 Å². The lowest BCUT2D eigenvalue weighted by Crippen LogP contribution is -2.43. The quantitative estimate of drug-likeness (QED) is 0.232. The van der Waals surface area contributed by atoms with Crippen LogP contribution in [0.25, 0.3) is 10.4 Å². The van der Waals surface area contributed by atoms with Crippen molar-refractivity contribution < 1.29 is 29.3 Å². The van der Waals surface area contributed by atoms with Gasteiger partial charge in [0, 0.05) is 11.3 Å². The first-order valence-corrected chi connectivity index (χ1v) is 7.38. The van der Waals surface area contributed by atoms with Crippen molar-refractivity contribution in [2.75, 3.05) is 26.9 Å². The molecular weight excluding hydrogens is 332 g/mol. The molecule has 0 heterocycles. The van der Waals surface area contributed by atoms with E-state index in [9.17, 15) is 14.7 Å². The standard InChI is InChI=1S/C15H20N4O6/c1-24-15(23)13(18-14(22)7-17-19-16)6-10-2-4-12(5-3-10)25-9-11(21)8-20/h2-5,11,13,20-21H,6-9H2,1H3,(H,18,22)/t11-,13-/m0/s1. The van der Waals surface area contributed by atoms with E-state index in [2.05, 4.69) is 20.1 Å². The molecule has 10 heteroatoms. The number of carbonyl (C=O) groups is 2. The number of amides is 1. The highest BCUT2D eigenvalue weighted by Crippen LogP contribution is 2.14. The van der Waals surface area contributed by atoms with E-state index in [0.717, 1.165) is 5.56 Å². The van der Waals surface area contributed by atoms with Gasteiger partial charge in [0.15, 0.2) is 0 Å². The maximum absolute atomic E-state index is 11.8. The number of ether oxygens (including phenoxy) is 2. The zero-order valence-corrected chi connectivity index (χ0v) is 13.7. The summed E-state index contributed by atoms with van der Waals surface area (Å²) in [5.74, 6) is -0.731. The molecule has 10 nitrogen and oxygen atoms in total. The number of nitrogens with zero attached hydrogens (tertiary/aromatic N) is 3. The Bertz CT molecular complexity index is 615. The van der Waals surface area contributed by atoms with Gasteiger partial charge in [-0.05, 0) is 23.2 Å². The Labute approximate surface area is 144 Å². The van der Waals surface area contributed by atoms with Gasteiger partial charge in [0.05, 0.1) is 13.7 Å². The summed E-state index contributed by atoms with van der Waals surface area (Å²) < 4.78 is 9.94. The van der Waals surface area contributed by atoms with Crippen LogP contribution in [0.15, 0.2) is 29.4 Å². The molecule has 0 unspecified atom stereocenters. The average molecular weight is 352 g/mol. The van der Waals surface area contributed by atoms with E-state index in [-0.39, 0.29) is 13.0 Å². The minimum atomic E-state index is -0.963. The molecule has 0 fully saturated rings. The summed E-state index contributed by atoms with van der Waals surface area (Å²) in [6, 6.07) is 5.73. The first-order valence-electron chi connectivity index (χ1n) is 7.38. The fraction of sp³-hybridized carbons (Fsp3) is 0.467. The predicted octanol–water partition coefficient (Wildman–Crippen LogP) is -0.0708. The molecule has 0 aliphatic carbocycles. The molecule has 3 N–H and O–H groups in total. The summed E-state index contributed by atoms with van der Waals surface area (Å²) in [4.78, 5) is 25.9. The molecule has 0 saturated heterocycles.